The summed E-state index contributed by atoms with van der Waals surface area (Å²) in [6.45, 7) is 3.00. The Kier molecular flexibility index (Phi) is 3.98. The molecule has 1 saturated carbocycles. The first-order chi connectivity index (χ1) is 9.33. The molecule has 1 saturated heterocycles. The summed E-state index contributed by atoms with van der Waals surface area (Å²) < 4.78 is 10.5. The van der Waals surface area contributed by atoms with Gasteiger partial charge in [-0.25, -0.2) is 0 Å². The molecule has 1 aliphatic carbocycles. The van der Waals surface area contributed by atoms with Crippen molar-refractivity contribution in [2.45, 2.75) is 38.2 Å². The zero-order chi connectivity index (χ0) is 13.1. The minimum atomic E-state index is -0.347. The van der Waals surface area contributed by atoms with E-state index in [1.807, 2.05) is 0 Å². The molecule has 106 valence electrons. The maximum Gasteiger partial charge on any atom is 0.266 e. The molecule has 1 unspecified atom stereocenters. The average Bonchev–Trinajstić information content (AvgIpc) is 3.11. The predicted octanol–water partition coefficient (Wildman–Crippen LogP) is 1.000. The van der Waals surface area contributed by atoms with Crippen molar-refractivity contribution in [1.82, 2.24) is 10.1 Å². The Bertz CT molecular complexity index is 398. The van der Waals surface area contributed by atoms with Gasteiger partial charge in [-0.15, -0.1) is 0 Å². The largest absolute Gasteiger partial charge is 0.392 e. The molecule has 1 N–H and O–H groups in total. The molecular weight excluding hydrogens is 246 g/mol. The molecule has 2 heterocycles. The molecule has 6 nitrogen and oxygen atoms in total. The van der Waals surface area contributed by atoms with Crippen LogP contribution < -0.4 is 4.90 Å². The maximum absolute atomic E-state index is 10.2. The standard InChI is InChI=1S/C13H21N3O3/c17-11(10-3-1-2-4-10)9-12-14-13(15-19-12)16-5-7-18-8-6-16/h10-11,17H,1-9H2. The van der Waals surface area contributed by atoms with Gasteiger partial charge in [-0.1, -0.05) is 12.8 Å². The number of aliphatic hydroxyl groups is 1. The molecule has 1 atom stereocenters. The zero-order valence-corrected chi connectivity index (χ0v) is 11.1. The lowest BCUT2D eigenvalue weighted by atomic mass is 9.98. The van der Waals surface area contributed by atoms with E-state index in [1.54, 1.807) is 0 Å². The van der Waals surface area contributed by atoms with E-state index in [0.29, 0.717) is 37.4 Å². The van der Waals surface area contributed by atoms with E-state index in [4.69, 9.17) is 9.26 Å². The molecule has 1 aliphatic heterocycles. The van der Waals surface area contributed by atoms with Crippen molar-refractivity contribution < 1.29 is 14.4 Å². The van der Waals surface area contributed by atoms with Crippen molar-refractivity contribution in [2.75, 3.05) is 31.2 Å². The van der Waals surface area contributed by atoms with Crippen molar-refractivity contribution in [3.8, 4) is 0 Å². The number of nitrogens with zero attached hydrogens (tertiary/aromatic N) is 3. The Morgan fingerprint density at radius 1 is 1.26 bits per heavy atom. The van der Waals surface area contributed by atoms with Crippen LogP contribution in [0.25, 0.3) is 0 Å². The minimum Gasteiger partial charge on any atom is -0.392 e. The number of hydrogen-bond acceptors (Lipinski definition) is 6. The van der Waals surface area contributed by atoms with Gasteiger partial charge in [0, 0.05) is 13.1 Å². The van der Waals surface area contributed by atoms with Gasteiger partial charge >= 0.3 is 0 Å². The number of morpholine rings is 1. The molecular formula is C13H21N3O3. The highest BCUT2D eigenvalue weighted by Gasteiger charge is 2.26. The fraction of sp³-hybridized carbons (Fsp3) is 0.846. The third-order valence-electron chi connectivity index (χ3n) is 4.08. The summed E-state index contributed by atoms with van der Waals surface area (Å²) in [5, 5.41) is 14.2. The van der Waals surface area contributed by atoms with Crippen molar-refractivity contribution in [3.05, 3.63) is 5.89 Å². The molecule has 0 radical (unpaired) electrons. The Morgan fingerprint density at radius 3 is 2.74 bits per heavy atom. The van der Waals surface area contributed by atoms with Crippen molar-refractivity contribution in [2.24, 2.45) is 5.92 Å². The van der Waals surface area contributed by atoms with E-state index in [1.165, 1.54) is 12.8 Å². The second kappa shape index (κ2) is 5.88. The van der Waals surface area contributed by atoms with Gasteiger partial charge in [0.1, 0.15) is 0 Å². The van der Waals surface area contributed by atoms with Gasteiger partial charge in [-0.2, -0.15) is 4.98 Å². The van der Waals surface area contributed by atoms with Gasteiger partial charge in [-0.3, -0.25) is 0 Å². The van der Waals surface area contributed by atoms with E-state index >= 15 is 0 Å². The SMILES string of the molecule is OC(Cc1nc(N2CCOCC2)no1)C1CCCC1. The Balaban J connectivity index is 1.57. The van der Waals surface area contributed by atoms with E-state index in [9.17, 15) is 5.11 Å². The van der Waals surface area contributed by atoms with E-state index in [-0.39, 0.29) is 6.10 Å². The van der Waals surface area contributed by atoms with Crippen LogP contribution in [-0.4, -0.2) is 47.7 Å². The van der Waals surface area contributed by atoms with Gasteiger partial charge in [0.2, 0.25) is 5.89 Å². The fourth-order valence-electron chi connectivity index (χ4n) is 2.91. The van der Waals surface area contributed by atoms with Gasteiger partial charge in [0.05, 0.1) is 25.7 Å². The molecule has 3 rings (SSSR count). The molecule has 6 heteroatoms. The van der Waals surface area contributed by atoms with E-state index < -0.39 is 0 Å². The summed E-state index contributed by atoms with van der Waals surface area (Å²) >= 11 is 0. The highest BCUT2D eigenvalue weighted by molar-refractivity contribution is 5.28. The van der Waals surface area contributed by atoms with Crippen LogP contribution in [-0.2, 0) is 11.2 Å². The quantitative estimate of drug-likeness (QED) is 0.877. The van der Waals surface area contributed by atoms with Gasteiger partial charge in [0.25, 0.3) is 5.95 Å². The van der Waals surface area contributed by atoms with Crippen LogP contribution in [0, 0.1) is 5.92 Å². The van der Waals surface area contributed by atoms with Crippen LogP contribution in [0.3, 0.4) is 0 Å². The number of aromatic nitrogens is 2. The molecule has 2 fully saturated rings. The molecule has 0 bridgehead atoms. The van der Waals surface area contributed by atoms with Gasteiger partial charge < -0.3 is 19.3 Å². The normalized spacial score (nSPS) is 22.9. The molecule has 0 spiro atoms. The lowest BCUT2D eigenvalue weighted by Gasteiger charge is -2.24. The molecule has 1 aromatic heterocycles. The van der Waals surface area contributed by atoms with Crippen LogP contribution in [0.5, 0.6) is 0 Å². The zero-order valence-electron chi connectivity index (χ0n) is 11.1. The van der Waals surface area contributed by atoms with Crippen LogP contribution in [0.4, 0.5) is 5.95 Å². The number of aliphatic hydroxyl groups excluding tert-OH is 1. The summed E-state index contributed by atoms with van der Waals surface area (Å²) in [7, 11) is 0. The predicted molar refractivity (Wildman–Crippen MR) is 69.0 cm³/mol. The summed E-state index contributed by atoms with van der Waals surface area (Å²) in [6.07, 6.45) is 4.81. The molecule has 0 aromatic carbocycles. The number of ether oxygens (including phenoxy) is 1. The first-order valence-electron chi connectivity index (χ1n) is 7.16. The highest BCUT2D eigenvalue weighted by Crippen LogP contribution is 2.29. The van der Waals surface area contributed by atoms with Crippen LogP contribution in [0.1, 0.15) is 31.6 Å². The molecule has 19 heavy (non-hydrogen) atoms. The number of anilines is 1. The Morgan fingerprint density at radius 2 is 2.00 bits per heavy atom. The topological polar surface area (TPSA) is 71.6 Å². The lowest BCUT2D eigenvalue weighted by Crippen LogP contribution is -2.36. The maximum atomic E-state index is 10.2. The Labute approximate surface area is 112 Å². The van der Waals surface area contributed by atoms with Crippen molar-refractivity contribution in [3.63, 3.8) is 0 Å². The summed E-state index contributed by atoms with van der Waals surface area (Å²) in [5.74, 6) is 1.57. The first kappa shape index (κ1) is 12.9. The van der Waals surface area contributed by atoms with E-state index in [2.05, 4.69) is 15.0 Å². The van der Waals surface area contributed by atoms with Gasteiger partial charge in [-0.05, 0) is 23.9 Å². The Hall–Kier alpha value is -1.14. The van der Waals surface area contributed by atoms with Gasteiger partial charge in [0.15, 0.2) is 0 Å². The molecule has 0 amide bonds. The second-order valence-corrected chi connectivity index (χ2v) is 5.40. The smallest absolute Gasteiger partial charge is 0.266 e. The third kappa shape index (κ3) is 3.06. The minimum absolute atomic E-state index is 0.347. The first-order valence-corrected chi connectivity index (χ1v) is 7.16. The molecule has 2 aliphatic rings. The fourth-order valence-corrected chi connectivity index (χ4v) is 2.91. The number of rotatable bonds is 4. The van der Waals surface area contributed by atoms with Crippen molar-refractivity contribution in [1.29, 1.82) is 0 Å². The van der Waals surface area contributed by atoms with E-state index in [0.717, 1.165) is 25.9 Å². The molecule has 1 aromatic rings. The number of hydrogen-bond donors (Lipinski definition) is 1. The van der Waals surface area contributed by atoms with Crippen LogP contribution in [0.15, 0.2) is 4.52 Å². The highest BCUT2D eigenvalue weighted by atomic mass is 16.5. The summed E-state index contributed by atoms with van der Waals surface area (Å²) in [6, 6.07) is 0. The van der Waals surface area contributed by atoms with Crippen molar-refractivity contribution >= 4 is 5.95 Å². The lowest BCUT2D eigenvalue weighted by molar-refractivity contribution is 0.102. The summed E-state index contributed by atoms with van der Waals surface area (Å²) in [5.41, 5.74) is 0. The third-order valence-corrected chi connectivity index (χ3v) is 4.08. The average molecular weight is 267 g/mol. The second-order valence-electron chi connectivity index (χ2n) is 5.40. The van der Waals surface area contributed by atoms with Crippen LogP contribution in [0.2, 0.25) is 0 Å². The summed E-state index contributed by atoms with van der Waals surface area (Å²) in [4.78, 5) is 6.43. The van der Waals surface area contributed by atoms with Crippen LogP contribution >= 0.6 is 0 Å². The monoisotopic (exact) mass is 267 g/mol.